The number of allylic oxidation sites excluding steroid dienone is 2. The van der Waals surface area contributed by atoms with Crippen molar-refractivity contribution in [2.24, 2.45) is 0 Å². The minimum absolute atomic E-state index is 0.670. The van der Waals surface area contributed by atoms with Crippen molar-refractivity contribution in [1.29, 1.82) is 5.26 Å². The Hall–Kier alpha value is -1.55. The van der Waals surface area contributed by atoms with Gasteiger partial charge in [0, 0.05) is 6.42 Å². The third kappa shape index (κ3) is 5.92. The molecule has 0 amide bonds. The Kier molecular flexibility index (Phi) is 6.10. The second-order valence-corrected chi connectivity index (χ2v) is 4.59. The van der Waals surface area contributed by atoms with E-state index in [1.54, 1.807) is 0 Å². The Balaban J connectivity index is 2.29. The predicted molar refractivity (Wildman–Crippen MR) is 72.7 cm³/mol. The second kappa shape index (κ2) is 7.68. The van der Waals surface area contributed by atoms with Crippen molar-refractivity contribution in [1.82, 2.24) is 0 Å². The quantitative estimate of drug-likeness (QED) is 0.516. The Labute approximate surface area is 105 Å². The molecule has 17 heavy (non-hydrogen) atoms. The summed E-state index contributed by atoms with van der Waals surface area (Å²) in [6.45, 7) is 4.27. The fourth-order valence-electron chi connectivity index (χ4n) is 1.79. The highest BCUT2D eigenvalue weighted by atomic mass is 14.2. The standard InChI is InChI=1S/C16H21N/c1-14(6-3-4-13-17)7-5-8-16-11-9-15(2)10-12-16/h7,9-12H,3-6,8H2,1-2H3. The molecule has 0 bridgehead atoms. The highest BCUT2D eigenvalue weighted by Crippen LogP contribution is 2.10. The second-order valence-electron chi connectivity index (χ2n) is 4.59. The van der Waals surface area contributed by atoms with Gasteiger partial charge in [0.2, 0.25) is 0 Å². The molecule has 90 valence electrons. The topological polar surface area (TPSA) is 23.8 Å². The molecular formula is C16H21N. The summed E-state index contributed by atoms with van der Waals surface area (Å²) < 4.78 is 0. The maximum atomic E-state index is 8.46. The zero-order valence-corrected chi connectivity index (χ0v) is 10.9. The summed E-state index contributed by atoms with van der Waals surface area (Å²) in [5, 5.41) is 8.46. The summed E-state index contributed by atoms with van der Waals surface area (Å²) in [4.78, 5) is 0. The van der Waals surface area contributed by atoms with Crippen molar-refractivity contribution in [3.63, 3.8) is 0 Å². The van der Waals surface area contributed by atoms with E-state index in [9.17, 15) is 0 Å². The lowest BCUT2D eigenvalue weighted by Crippen LogP contribution is -1.85. The molecule has 0 aromatic heterocycles. The van der Waals surface area contributed by atoms with E-state index in [1.807, 2.05) is 0 Å². The van der Waals surface area contributed by atoms with Crippen molar-refractivity contribution in [2.75, 3.05) is 0 Å². The van der Waals surface area contributed by atoms with Crippen molar-refractivity contribution < 1.29 is 0 Å². The average Bonchev–Trinajstić information content (AvgIpc) is 2.32. The Morgan fingerprint density at radius 3 is 2.65 bits per heavy atom. The van der Waals surface area contributed by atoms with Gasteiger partial charge >= 0.3 is 0 Å². The first-order valence-electron chi connectivity index (χ1n) is 6.30. The molecule has 0 saturated carbocycles. The molecule has 1 aromatic rings. The van der Waals surface area contributed by atoms with Crippen LogP contribution in [0.25, 0.3) is 0 Å². The van der Waals surface area contributed by atoms with E-state index < -0.39 is 0 Å². The monoisotopic (exact) mass is 227 g/mol. The molecule has 0 aliphatic carbocycles. The van der Waals surface area contributed by atoms with Crippen LogP contribution >= 0.6 is 0 Å². The maximum absolute atomic E-state index is 8.46. The lowest BCUT2D eigenvalue weighted by atomic mass is 10.0. The predicted octanol–water partition coefficient (Wildman–Crippen LogP) is 4.57. The first kappa shape index (κ1) is 13.5. The van der Waals surface area contributed by atoms with Gasteiger partial charge < -0.3 is 0 Å². The molecule has 1 heteroatoms. The fraction of sp³-hybridized carbons (Fsp3) is 0.438. The SMILES string of the molecule is CC(=CCCc1ccc(C)cc1)CCCC#N. The summed E-state index contributed by atoms with van der Waals surface area (Å²) in [6.07, 6.45) is 7.22. The first-order chi connectivity index (χ1) is 8.22. The van der Waals surface area contributed by atoms with Crippen LogP contribution in [0.5, 0.6) is 0 Å². The summed E-state index contributed by atoms with van der Waals surface area (Å²) in [5.41, 5.74) is 4.13. The van der Waals surface area contributed by atoms with E-state index in [2.05, 4.69) is 50.3 Å². The molecule has 0 aliphatic rings. The number of unbranched alkanes of at least 4 members (excludes halogenated alkanes) is 1. The van der Waals surface area contributed by atoms with Crippen molar-refractivity contribution in [2.45, 2.75) is 46.0 Å². The van der Waals surface area contributed by atoms with Gasteiger partial charge in [-0.25, -0.2) is 0 Å². The first-order valence-corrected chi connectivity index (χ1v) is 6.30. The number of aryl methyl sites for hydroxylation is 2. The van der Waals surface area contributed by atoms with E-state index in [-0.39, 0.29) is 0 Å². The zero-order valence-electron chi connectivity index (χ0n) is 10.9. The minimum Gasteiger partial charge on any atom is -0.198 e. The van der Waals surface area contributed by atoms with Gasteiger partial charge in [0.1, 0.15) is 0 Å². The fourth-order valence-corrected chi connectivity index (χ4v) is 1.79. The Morgan fingerprint density at radius 2 is 2.00 bits per heavy atom. The molecule has 1 rings (SSSR count). The number of nitriles is 1. The number of nitrogens with zero attached hydrogens (tertiary/aromatic N) is 1. The van der Waals surface area contributed by atoms with Crippen LogP contribution in [0.1, 0.15) is 43.7 Å². The van der Waals surface area contributed by atoms with Gasteiger partial charge in [-0.15, -0.1) is 0 Å². The van der Waals surface area contributed by atoms with Gasteiger partial charge in [0.15, 0.2) is 0 Å². The number of hydrogen-bond acceptors (Lipinski definition) is 1. The molecule has 0 saturated heterocycles. The lowest BCUT2D eigenvalue weighted by molar-refractivity contribution is 0.829. The van der Waals surface area contributed by atoms with Crippen molar-refractivity contribution in [3.05, 3.63) is 47.0 Å². The maximum Gasteiger partial charge on any atom is 0.0621 e. The molecule has 1 nitrogen and oxygen atoms in total. The molecule has 0 atom stereocenters. The van der Waals surface area contributed by atoms with E-state index in [0.717, 1.165) is 25.7 Å². The molecule has 1 aromatic carbocycles. The van der Waals surface area contributed by atoms with Crippen molar-refractivity contribution >= 4 is 0 Å². The summed E-state index contributed by atoms with van der Waals surface area (Å²) in [6, 6.07) is 10.9. The summed E-state index contributed by atoms with van der Waals surface area (Å²) in [7, 11) is 0. The van der Waals surface area contributed by atoms with Crippen LogP contribution in [-0.2, 0) is 6.42 Å². The Morgan fingerprint density at radius 1 is 1.29 bits per heavy atom. The molecule has 0 aliphatic heterocycles. The Bertz CT molecular complexity index is 393. The highest BCUT2D eigenvalue weighted by Gasteiger charge is 1.93. The molecule has 0 N–H and O–H groups in total. The van der Waals surface area contributed by atoms with Crippen LogP contribution in [-0.4, -0.2) is 0 Å². The molecule has 0 spiro atoms. The van der Waals surface area contributed by atoms with Gasteiger partial charge in [-0.2, -0.15) is 5.26 Å². The van der Waals surface area contributed by atoms with E-state index in [0.29, 0.717) is 6.42 Å². The van der Waals surface area contributed by atoms with Gasteiger partial charge in [-0.3, -0.25) is 0 Å². The largest absolute Gasteiger partial charge is 0.198 e. The zero-order chi connectivity index (χ0) is 12.5. The van der Waals surface area contributed by atoms with Crippen LogP contribution in [0.2, 0.25) is 0 Å². The molecule has 0 radical (unpaired) electrons. The van der Waals surface area contributed by atoms with Crippen LogP contribution in [0.4, 0.5) is 0 Å². The number of rotatable bonds is 6. The average molecular weight is 227 g/mol. The van der Waals surface area contributed by atoms with Crippen LogP contribution in [0.3, 0.4) is 0 Å². The van der Waals surface area contributed by atoms with E-state index in [1.165, 1.54) is 16.7 Å². The third-order valence-electron chi connectivity index (χ3n) is 2.91. The van der Waals surface area contributed by atoms with Crippen LogP contribution in [0, 0.1) is 18.3 Å². The number of benzene rings is 1. The summed E-state index contributed by atoms with van der Waals surface area (Å²) >= 11 is 0. The molecular weight excluding hydrogens is 206 g/mol. The van der Waals surface area contributed by atoms with Gasteiger partial charge in [0.05, 0.1) is 6.07 Å². The molecule has 0 heterocycles. The van der Waals surface area contributed by atoms with E-state index >= 15 is 0 Å². The van der Waals surface area contributed by atoms with Crippen LogP contribution in [0.15, 0.2) is 35.9 Å². The smallest absolute Gasteiger partial charge is 0.0621 e. The van der Waals surface area contributed by atoms with Gasteiger partial charge in [0.25, 0.3) is 0 Å². The third-order valence-corrected chi connectivity index (χ3v) is 2.91. The molecule has 0 unspecified atom stereocenters. The number of hydrogen-bond donors (Lipinski definition) is 0. The van der Waals surface area contributed by atoms with Gasteiger partial charge in [-0.1, -0.05) is 41.5 Å². The van der Waals surface area contributed by atoms with E-state index in [4.69, 9.17) is 5.26 Å². The normalized spacial score (nSPS) is 11.2. The molecule has 0 fully saturated rings. The van der Waals surface area contributed by atoms with Crippen LogP contribution < -0.4 is 0 Å². The minimum atomic E-state index is 0.670. The van der Waals surface area contributed by atoms with Gasteiger partial charge in [-0.05, 0) is 45.1 Å². The van der Waals surface area contributed by atoms with Crippen molar-refractivity contribution in [3.8, 4) is 6.07 Å². The highest BCUT2D eigenvalue weighted by molar-refractivity contribution is 5.21. The summed E-state index contributed by atoms with van der Waals surface area (Å²) in [5.74, 6) is 0. The lowest BCUT2D eigenvalue weighted by Gasteiger charge is -2.01.